The molecular formula is C23H32N4O3S2. The summed E-state index contributed by atoms with van der Waals surface area (Å²) in [4.78, 5) is 12.4. The zero-order valence-electron chi connectivity index (χ0n) is 19.0. The Morgan fingerprint density at radius 3 is 2.41 bits per heavy atom. The van der Waals surface area contributed by atoms with E-state index in [2.05, 4.69) is 65.1 Å². The van der Waals surface area contributed by atoms with Gasteiger partial charge in [0.15, 0.2) is 20.8 Å². The number of rotatable bonds is 6. The molecule has 1 amide bonds. The SMILES string of the molecule is CC(C)(C)c1ccc(-c2nnc(SCC(=O)N[C@@H]3CCS(=O)(=O)C3)n2C2CCCC2)cc1. The van der Waals surface area contributed by atoms with Gasteiger partial charge >= 0.3 is 0 Å². The van der Waals surface area contributed by atoms with Gasteiger partial charge in [-0.3, -0.25) is 9.36 Å². The molecule has 7 nitrogen and oxygen atoms in total. The number of hydrogen-bond acceptors (Lipinski definition) is 6. The van der Waals surface area contributed by atoms with Gasteiger partial charge in [0.05, 0.1) is 17.3 Å². The largest absolute Gasteiger partial charge is 0.352 e. The van der Waals surface area contributed by atoms with Gasteiger partial charge in [0, 0.05) is 17.6 Å². The lowest BCUT2D eigenvalue weighted by atomic mass is 9.86. The Hall–Kier alpha value is -1.87. The van der Waals surface area contributed by atoms with Crippen LogP contribution in [-0.4, -0.2) is 52.4 Å². The summed E-state index contributed by atoms with van der Waals surface area (Å²) < 4.78 is 25.5. The molecule has 2 heterocycles. The molecule has 174 valence electrons. The predicted octanol–water partition coefficient (Wildman–Crippen LogP) is 3.75. The van der Waals surface area contributed by atoms with Gasteiger partial charge in [0.2, 0.25) is 5.91 Å². The second-order valence-electron chi connectivity index (χ2n) is 9.90. The van der Waals surface area contributed by atoms with Crippen molar-refractivity contribution >= 4 is 27.5 Å². The van der Waals surface area contributed by atoms with Crippen LogP contribution in [0.25, 0.3) is 11.4 Å². The third kappa shape index (κ3) is 5.36. The average Bonchev–Trinajstić information content (AvgIpc) is 3.45. The van der Waals surface area contributed by atoms with Crippen molar-refractivity contribution in [2.24, 2.45) is 0 Å². The Labute approximate surface area is 194 Å². The van der Waals surface area contributed by atoms with E-state index in [9.17, 15) is 13.2 Å². The van der Waals surface area contributed by atoms with Gasteiger partial charge in [0.25, 0.3) is 0 Å². The van der Waals surface area contributed by atoms with Crippen LogP contribution in [0.1, 0.15) is 64.5 Å². The molecule has 0 bridgehead atoms. The third-order valence-electron chi connectivity index (χ3n) is 6.29. The lowest BCUT2D eigenvalue weighted by Crippen LogP contribution is -2.36. The first-order valence-electron chi connectivity index (χ1n) is 11.3. The minimum absolute atomic E-state index is 0.0381. The number of carbonyl (C=O) groups is 1. The zero-order chi connectivity index (χ0) is 22.9. The maximum atomic E-state index is 12.4. The van der Waals surface area contributed by atoms with Crippen LogP contribution < -0.4 is 5.32 Å². The van der Waals surface area contributed by atoms with E-state index >= 15 is 0 Å². The summed E-state index contributed by atoms with van der Waals surface area (Å²) in [7, 11) is -3.01. The van der Waals surface area contributed by atoms with Crippen molar-refractivity contribution in [1.29, 1.82) is 0 Å². The van der Waals surface area contributed by atoms with Crippen LogP contribution in [0.4, 0.5) is 0 Å². The summed E-state index contributed by atoms with van der Waals surface area (Å²) in [5, 5.41) is 12.5. The molecule has 1 atom stereocenters. The standard InChI is InChI=1S/C23H32N4O3S2/c1-23(2,3)17-10-8-16(9-11-17)21-25-26-22(27(21)19-6-4-5-7-19)31-14-20(28)24-18-12-13-32(29,30)15-18/h8-11,18-19H,4-7,12-15H2,1-3H3,(H,24,28)/t18-/m1/s1. The molecule has 1 N–H and O–H groups in total. The minimum Gasteiger partial charge on any atom is -0.352 e. The van der Waals surface area contributed by atoms with Gasteiger partial charge in [-0.1, -0.05) is 69.6 Å². The van der Waals surface area contributed by atoms with Gasteiger partial charge < -0.3 is 5.32 Å². The average molecular weight is 477 g/mol. The summed E-state index contributed by atoms with van der Waals surface area (Å²) in [5.74, 6) is 1.08. The number of carbonyl (C=O) groups excluding carboxylic acids is 1. The van der Waals surface area contributed by atoms with E-state index in [1.54, 1.807) is 0 Å². The first-order valence-corrected chi connectivity index (χ1v) is 14.1. The Morgan fingerprint density at radius 1 is 1.12 bits per heavy atom. The van der Waals surface area contributed by atoms with Crippen molar-refractivity contribution < 1.29 is 13.2 Å². The van der Waals surface area contributed by atoms with Crippen LogP contribution in [0.3, 0.4) is 0 Å². The monoisotopic (exact) mass is 476 g/mol. The highest BCUT2D eigenvalue weighted by atomic mass is 32.2. The van der Waals surface area contributed by atoms with Gasteiger partial charge in [0.1, 0.15) is 0 Å². The zero-order valence-corrected chi connectivity index (χ0v) is 20.6. The molecule has 1 aliphatic heterocycles. The Morgan fingerprint density at radius 2 is 1.81 bits per heavy atom. The quantitative estimate of drug-likeness (QED) is 0.638. The molecular weight excluding hydrogens is 444 g/mol. The topological polar surface area (TPSA) is 94.0 Å². The Bertz CT molecular complexity index is 1070. The number of benzene rings is 1. The van der Waals surface area contributed by atoms with Crippen LogP contribution >= 0.6 is 11.8 Å². The first-order chi connectivity index (χ1) is 15.1. The molecule has 2 aliphatic rings. The molecule has 1 aromatic carbocycles. The van der Waals surface area contributed by atoms with E-state index in [0.717, 1.165) is 29.4 Å². The van der Waals surface area contributed by atoms with Crippen LogP contribution in [0.2, 0.25) is 0 Å². The van der Waals surface area contributed by atoms with Crippen molar-refractivity contribution in [2.45, 2.75) is 75.5 Å². The number of nitrogens with zero attached hydrogens (tertiary/aromatic N) is 3. The van der Waals surface area contributed by atoms with Crippen LogP contribution in [0, 0.1) is 0 Å². The summed E-state index contributed by atoms with van der Waals surface area (Å²) in [6.07, 6.45) is 5.04. The molecule has 1 saturated carbocycles. The fraction of sp³-hybridized carbons (Fsp3) is 0.609. The number of amides is 1. The second-order valence-corrected chi connectivity index (χ2v) is 13.1. The summed E-state index contributed by atoms with van der Waals surface area (Å²) >= 11 is 1.38. The van der Waals surface area contributed by atoms with E-state index in [-0.39, 0.29) is 34.6 Å². The number of aromatic nitrogens is 3. The number of nitrogens with one attached hydrogen (secondary N) is 1. The first kappa shape index (κ1) is 23.3. The van der Waals surface area contributed by atoms with E-state index < -0.39 is 9.84 Å². The smallest absolute Gasteiger partial charge is 0.230 e. The molecule has 1 saturated heterocycles. The Balaban J connectivity index is 1.50. The summed E-state index contributed by atoms with van der Waals surface area (Å²) in [5.41, 5.74) is 2.39. The summed E-state index contributed by atoms with van der Waals surface area (Å²) in [6, 6.07) is 8.58. The van der Waals surface area contributed by atoms with Crippen molar-refractivity contribution in [3.63, 3.8) is 0 Å². The van der Waals surface area contributed by atoms with Crippen LogP contribution in [0.15, 0.2) is 29.4 Å². The maximum absolute atomic E-state index is 12.4. The lowest BCUT2D eigenvalue weighted by molar-refractivity contribution is -0.119. The highest BCUT2D eigenvalue weighted by Crippen LogP contribution is 2.37. The van der Waals surface area contributed by atoms with E-state index in [1.807, 2.05) is 0 Å². The molecule has 0 spiro atoms. The van der Waals surface area contributed by atoms with Crippen LogP contribution in [-0.2, 0) is 20.0 Å². The fourth-order valence-corrected chi connectivity index (χ4v) is 6.98. The summed E-state index contributed by atoms with van der Waals surface area (Å²) in [6.45, 7) is 6.59. The molecule has 4 rings (SSSR count). The third-order valence-corrected chi connectivity index (χ3v) is 9.00. The second kappa shape index (κ2) is 9.17. The Kier molecular flexibility index (Phi) is 6.68. The van der Waals surface area contributed by atoms with Crippen molar-refractivity contribution in [1.82, 2.24) is 20.1 Å². The molecule has 1 aromatic heterocycles. The van der Waals surface area contributed by atoms with E-state index in [0.29, 0.717) is 12.5 Å². The van der Waals surface area contributed by atoms with Gasteiger partial charge in [-0.15, -0.1) is 10.2 Å². The van der Waals surface area contributed by atoms with Crippen molar-refractivity contribution in [3.8, 4) is 11.4 Å². The van der Waals surface area contributed by atoms with Crippen molar-refractivity contribution in [2.75, 3.05) is 17.3 Å². The van der Waals surface area contributed by atoms with Gasteiger partial charge in [-0.25, -0.2) is 8.42 Å². The molecule has 0 radical (unpaired) electrons. The van der Waals surface area contributed by atoms with E-state index in [4.69, 9.17) is 0 Å². The molecule has 1 aliphatic carbocycles. The van der Waals surface area contributed by atoms with E-state index in [1.165, 1.54) is 30.2 Å². The van der Waals surface area contributed by atoms with Gasteiger partial charge in [-0.05, 0) is 30.2 Å². The van der Waals surface area contributed by atoms with Gasteiger partial charge in [-0.2, -0.15) is 0 Å². The number of hydrogen-bond donors (Lipinski definition) is 1. The minimum atomic E-state index is -3.01. The number of thioether (sulfide) groups is 1. The molecule has 0 unspecified atom stereocenters. The highest BCUT2D eigenvalue weighted by molar-refractivity contribution is 7.99. The van der Waals surface area contributed by atoms with Crippen LogP contribution in [0.5, 0.6) is 0 Å². The highest BCUT2D eigenvalue weighted by Gasteiger charge is 2.29. The molecule has 2 aromatic rings. The maximum Gasteiger partial charge on any atom is 0.230 e. The predicted molar refractivity (Wildman–Crippen MR) is 128 cm³/mol. The normalized spacial score (nSPS) is 21.2. The molecule has 32 heavy (non-hydrogen) atoms. The fourth-order valence-electron chi connectivity index (χ4n) is 4.49. The van der Waals surface area contributed by atoms with Crippen molar-refractivity contribution in [3.05, 3.63) is 29.8 Å². The molecule has 9 heteroatoms. The molecule has 2 fully saturated rings. The lowest BCUT2D eigenvalue weighted by Gasteiger charge is -2.20. The number of sulfone groups is 1.